The first-order chi connectivity index (χ1) is 19.7. The fourth-order valence-electron chi connectivity index (χ4n) is 4.89. The molecule has 0 radical (unpaired) electrons. The van der Waals surface area contributed by atoms with Crippen LogP contribution in [0.3, 0.4) is 0 Å². The Morgan fingerprint density at radius 1 is 1.10 bits per heavy atom. The number of aromatic nitrogens is 6. The number of methoxy groups -OCH3 is 1. The van der Waals surface area contributed by atoms with Gasteiger partial charge < -0.3 is 24.1 Å². The molecule has 5 aromatic rings. The van der Waals surface area contributed by atoms with Crippen LogP contribution in [0.25, 0.3) is 27.9 Å². The molecule has 1 fully saturated rings. The number of aryl methyl sites for hydroxylation is 1. The van der Waals surface area contributed by atoms with E-state index in [9.17, 15) is 4.79 Å². The van der Waals surface area contributed by atoms with Crippen molar-refractivity contribution < 1.29 is 23.5 Å². The third-order valence-corrected chi connectivity index (χ3v) is 7.19. The van der Waals surface area contributed by atoms with Crippen LogP contribution in [-0.4, -0.2) is 63.2 Å². The second kappa shape index (κ2) is 11.4. The fourth-order valence-corrected chi connectivity index (χ4v) is 4.89. The standard InChI is InChI=1S/C28H29N7O5/c1-37-15-21-12-24(34-40-21)26-32-31-25-22-4-2-3-5-23(22)27(33-35(25)26)39-14-20-7-6-19(13-30-20)8-9-28(16-38-17-28)10-11-29-18-36/h2-7,12-13,18H,8-11,14-17H2,1H3,(H,29,36). The molecule has 1 saturated heterocycles. The van der Waals surface area contributed by atoms with Crippen molar-refractivity contribution in [1.82, 2.24) is 35.3 Å². The molecule has 0 aliphatic carbocycles. The van der Waals surface area contributed by atoms with Gasteiger partial charge in [0.1, 0.15) is 13.2 Å². The van der Waals surface area contributed by atoms with Gasteiger partial charge in [-0.1, -0.05) is 29.4 Å². The Labute approximate surface area is 229 Å². The van der Waals surface area contributed by atoms with E-state index in [0.29, 0.717) is 42.0 Å². The Kier molecular flexibility index (Phi) is 7.34. The molecule has 1 N–H and O–H groups in total. The average molecular weight is 544 g/mol. The molecule has 1 aromatic carbocycles. The zero-order chi connectivity index (χ0) is 27.4. The summed E-state index contributed by atoms with van der Waals surface area (Å²) in [5, 5.41) is 21.9. The maximum absolute atomic E-state index is 10.6. The zero-order valence-corrected chi connectivity index (χ0v) is 22.1. The van der Waals surface area contributed by atoms with Crippen LogP contribution >= 0.6 is 0 Å². The molecule has 5 heterocycles. The lowest BCUT2D eigenvalue weighted by atomic mass is 9.77. The van der Waals surface area contributed by atoms with E-state index in [2.05, 4.69) is 31.7 Å². The number of benzene rings is 1. The highest BCUT2D eigenvalue weighted by atomic mass is 16.5. The molecule has 1 aliphatic rings. The van der Waals surface area contributed by atoms with Gasteiger partial charge in [-0.3, -0.25) is 9.78 Å². The number of nitrogens with one attached hydrogen (secondary N) is 1. The molecule has 0 saturated carbocycles. The summed E-state index contributed by atoms with van der Waals surface area (Å²) in [4.78, 5) is 15.2. The predicted molar refractivity (Wildman–Crippen MR) is 143 cm³/mol. The monoisotopic (exact) mass is 543 g/mol. The summed E-state index contributed by atoms with van der Waals surface area (Å²) in [6, 6.07) is 13.6. The zero-order valence-electron chi connectivity index (χ0n) is 22.1. The normalized spacial score (nSPS) is 14.3. The molecule has 0 bridgehead atoms. The Balaban J connectivity index is 1.18. The second-order valence-electron chi connectivity index (χ2n) is 9.98. The van der Waals surface area contributed by atoms with Crippen LogP contribution in [0.2, 0.25) is 0 Å². The van der Waals surface area contributed by atoms with Gasteiger partial charge in [0.2, 0.25) is 18.1 Å². The molecular weight excluding hydrogens is 514 g/mol. The molecule has 12 nitrogen and oxygen atoms in total. The van der Waals surface area contributed by atoms with Crippen molar-refractivity contribution in [2.45, 2.75) is 32.5 Å². The molecule has 0 spiro atoms. The number of fused-ring (bicyclic) bond motifs is 3. The highest BCUT2D eigenvalue weighted by molar-refractivity contribution is 5.96. The van der Waals surface area contributed by atoms with Crippen LogP contribution in [0.15, 0.2) is 53.2 Å². The molecule has 206 valence electrons. The van der Waals surface area contributed by atoms with E-state index in [-0.39, 0.29) is 12.0 Å². The molecule has 0 unspecified atom stereocenters. The average Bonchev–Trinajstić information content (AvgIpc) is 3.60. The van der Waals surface area contributed by atoms with E-state index in [4.69, 9.17) is 23.8 Å². The summed E-state index contributed by atoms with van der Waals surface area (Å²) >= 11 is 0. The van der Waals surface area contributed by atoms with Gasteiger partial charge in [0.15, 0.2) is 17.1 Å². The minimum absolute atomic E-state index is 0.127. The van der Waals surface area contributed by atoms with Crippen LogP contribution in [0.1, 0.15) is 29.9 Å². The molecule has 6 rings (SSSR count). The van der Waals surface area contributed by atoms with Crippen molar-refractivity contribution in [2.24, 2.45) is 5.41 Å². The van der Waals surface area contributed by atoms with Gasteiger partial charge in [-0.2, -0.15) is 4.52 Å². The molecule has 4 aromatic heterocycles. The van der Waals surface area contributed by atoms with Gasteiger partial charge in [0.05, 0.1) is 18.9 Å². The van der Waals surface area contributed by atoms with Gasteiger partial charge in [-0.05, 0) is 37.0 Å². The molecule has 0 atom stereocenters. The Morgan fingerprint density at radius 2 is 1.98 bits per heavy atom. The van der Waals surface area contributed by atoms with Crippen molar-refractivity contribution in [1.29, 1.82) is 0 Å². The van der Waals surface area contributed by atoms with E-state index < -0.39 is 0 Å². The first-order valence-electron chi connectivity index (χ1n) is 13.1. The highest BCUT2D eigenvalue weighted by Crippen LogP contribution is 2.36. The molecule has 40 heavy (non-hydrogen) atoms. The van der Waals surface area contributed by atoms with Gasteiger partial charge in [-0.15, -0.1) is 15.3 Å². The topological polar surface area (TPSA) is 139 Å². The number of carbonyl (C=O) groups is 1. The van der Waals surface area contributed by atoms with Crippen LogP contribution in [0, 0.1) is 5.41 Å². The van der Waals surface area contributed by atoms with Crippen LogP contribution < -0.4 is 10.1 Å². The van der Waals surface area contributed by atoms with E-state index in [0.717, 1.165) is 60.9 Å². The SMILES string of the molecule is COCc1cc(-c2nnc3c4ccccc4c(OCc4ccc(CCC5(CCNC=O)COC5)cn4)nn23)no1. The van der Waals surface area contributed by atoms with E-state index in [1.54, 1.807) is 17.7 Å². The summed E-state index contributed by atoms with van der Waals surface area (Å²) in [5.41, 5.74) is 3.16. The number of pyridine rings is 1. The maximum Gasteiger partial charge on any atom is 0.240 e. The third kappa shape index (κ3) is 5.23. The summed E-state index contributed by atoms with van der Waals surface area (Å²) in [7, 11) is 1.59. The van der Waals surface area contributed by atoms with E-state index >= 15 is 0 Å². The van der Waals surface area contributed by atoms with E-state index in [1.165, 1.54) is 0 Å². The Morgan fingerprint density at radius 3 is 2.73 bits per heavy atom. The summed E-state index contributed by atoms with van der Waals surface area (Å²) in [6.45, 7) is 2.68. The van der Waals surface area contributed by atoms with Gasteiger partial charge in [0, 0.05) is 42.1 Å². The van der Waals surface area contributed by atoms with Gasteiger partial charge >= 0.3 is 0 Å². The summed E-state index contributed by atoms with van der Waals surface area (Å²) in [5.74, 6) is 1.45. The number of carbonyl (C=O) groups excluding carboxylic acids is 1. The molecule has 12 heteroatoms. The smallest absolute Gasteiger partial charge is 0.240 e. The first kappa shape index (κ1) is 25.8. The minimum Gasteiger partial charge on any atom is -0.470 e. The van der Waals surface area contributed by atoms with Gasteiger partial charge in [0.25, 0.3) is 0 Å². The quantitative estimate of drug-likeness (QED) is 0.174. The number of amides is 1. The number of hydrogen-bond acceptors (Lipinski definition) is 10. The number of hydrogen-bond donors (Lipinski definition) is 1. The van der Waals surface area contributed by atoms with Crippen molar-refractivity contribution in [3.05, 3.63) is 65.7 Å². The van der Waals surface area contributed by atoms with Crippen molar-refractivity contribution in [2.75, 3.05) is 26.9 Å². The van der Waals surface area contributed by atoms with Crippen molar-refractivity contribution in [3.8, 4) is 17.4 Å². The number of nitrogens with zero attached hydrogens (tertiary/aromatic N) is 6. The van der Waals surface area contributed by atoms with Crippen LogP contribution in [0.4, 0.5) is 0 Å². The highest BCUT2D eigenvalue weighted by Gasteiger charge is 2.37. The van der Waals surface area contributed by atoms with Crippen LogP contribution in [-0.2, 0) is 33.9 Å². The molecule has 1 aliphatic heterocycles. The third-order valence-electron chi connectivity index (χ3n) is 7.19. The molecule has 1 amide bonds. The van der Waals surface area contributed by atoms with Gasteiger partial charge in [-0.25, -0.2) is 0 Å². The fraction of sp³-hybridized carbons (Fsp3) is 0.357. The van der Waals surface area contributed by atoms with Crippen LogP contribution in [0.5, 0.6) is 5.88 Å². The van der Waals surface area contributed by atoms with Crippen molar-refractivity contribution >= 4 is 22.8 Å². The second-order valence-corrected chi connectivity index (χ2v) is 9.98. The lowest BCUT2D eigenvalue weighted by Gasteiger charge is -2.41. The Hall–Kier alpha value is -4.42. The number of rotatable bonds is 13. The minimum atomic E-state index is 0.127. The largest absolute Gasteiger partial charge is 0.470 e. The van der Waals surface area contributed by atoms with Crippen molar-refractivity contribution in [3.63, 3.8) is 0 Å². The summed E-state index contributed by atoms with van der Waals surface area (Å²) < 4.78 is 23.7. The summed E-state index contributed by atoms with van der Waals surface area (Å²) in [6.07, 6.45) is 5.43. The Bertz CT molecular complexity index is 1610. The first-order valence-corrected chi connectivity index (χ1v) is 13.1. The maximum atomic E-state index is 10.6. The lowest BCUT2D eigenvalue weighted by Crippen LogP contribution is -2.44. The molecular formula is C28H29N7O5. The van der Waals surface area contributed by atoms with E-state index in [1.807, 2.05) is 36.5 Å². The number of ether oxygens (including phenoxy) is 3. The lowest BCUT2D eigenvalue weighted by molar-refractivity contribution is -0.122. The predicted octanol–water partition coefficient (Wildman–Crippen LogP) is 3.14.